The average Bonchev–Trinajstić information content (AvgIpc) is 3.22. The molecule has 0 aliphatic carbocycles. The number of carbonyl (C=O) groups excluding carboxylic acids is 1. The van der Waals surface area contributed by atoms with Crippen molar-refractivity contribution in [3.8, 4) is 0 Å². The minimum Gasteiger partial charge on any atom is -0.379 e. The van der Waals surface area contributed by atoms with Gasteiger partial charge in [-0.15, -0.1) is 0 Å². The molecule has 0 bridgehead atoms. The summed E-state index contributed by atoms with van der Waals surface area (Å²) in [4.78, 5) is 16.3. The predicted octanol–water partition coefficient (Wildman–Crippen LogP) is 1.69. The number of ether oxygens (including phenoxy) is 2. The van der Waals surface area contributed by atoms with Crippen LogP contribution in [0.1, 0.15) is 42.1 Å². The van der Waals surface area contributed by atoms with Gasteiger partial charge in [-0.05, 0) is 37.0 Å². The fourth-order valence-corrected chi connectivity index (χ4v) is 2.74. The molecule has 1 aliphatic heterocycles. The summed E-state index contributed by atoms with van der Waals surface area (Å²) in [6.45, 7) is 6.35. The highest BCUT2D eigenvalue weighted by Crippen LogP contribution is 2.08. The molecule has 7 heteroatoms. The molecule has 1 amide bonds. The third-order valence-corrected chi connectivity index (χ3v) is 4.26. The summed E-state index contributed by atoms with van der Waals surface area (Å²) < 4.78 is 11.0. The molecule has 0 saturated carbocycles. The molecule has 1 atom stereocenters. The topological polar surface area (TPSA) is 84.0 Å². The number of nitrogens with zero attached hydrogens (tertiary/aromatic N) is 1. The zero-order valence-electron chi connectivity index (χ0n) is 16.4. The predicted molar refractivity (Wildman–Crippen MR) is 107 cm³/mol. The van der Waals surface area contributed by atoms with Gasteiger partial charge in [-0.25, -0.2) is 0 Å². The van der Waals surface area contributed by atoms with Crippen molar-refractivity contribution in [1.29, 1.82) is 0 Å². The summed E-state index contributed by atoms with van der Waals surface area (Å²) in [6.07, 6.45) is 3.08. The van der Waals surface area contributed by atoms with E-state index in [1.165, 1.54) is 0 Å². The number of hydrogen-bond acceptors (Lipinski definition) is 4. The lowest BCUT2D eigenvalue weighted by atomic mass is 10.1. The van der Waals surface area contributed by atoms with E-state index in [1.807, 2.05) is 31.2 Å². The van der Waals surface area contributed by atoms with Gasteiger partial charge < -0.3 is 25.4 Å². The van der Waals surface area contributed by atoms with Crippen molar-refractivity contribution >= 4 is 11.9 Å². The lowest BCUT2D eigenvalue weighted by Crippen LogP contribution is -2.37. The molecule has 27 heavy (non-hydrogen) atoms. The van der Waals surface area contributed by atoms with E-state index in [4.69, 9.17) is 9.47 Å². The Bertz CT molecular complexity index is 601. The molecular weight excluding hydrogens is 344 g/mol. The molecule has 1 heterocycles. The van der Waals surface area contributed by atoms with Crippen LogP contribution in [0.15, 0.2) is 29.3 Å². The molecule has 2 rings (SSSR count). The molecule has 7 nitrogen and oxygen atoms in total. The van der Waals surface area contributed by atoms with Crippen LogP contribution in [0.25, 0.3) is 0 Å². The van der Waals surface area contributed by atoms with Gasteiger partial charge in [0, 0.05) is 45.5 Å². The molecule has 0 aromatic heterocycles. The highest BCUT2D eigenvalue weighted by Gasteiger charge is 2.15. The molecule has 0 spiro atoms. The first-order valence-corrected chi connectivity index (χ1v) is 9.74. The van der Waals surface area contributed by atoms with Gasteiger partial charge in [-0.1, -0.05) is 19.1 Å². The van der Waals surface area contributed by atoms with Gasteiger partial charge in [0.2, 0.25) is 0 Å². The lowest BCUT2D eigenvalue weighted by molar-refractivity contribution is 0.0420. The van der Waals surface area contributed by atoms with E-state index in [0.29, 0.717) is 31.9 Å². The maximum Gasteiger partial charge on any atom is 0.251 e. The van der Waals surface area contributed by atoms with Crippen molar-refractivity contribution in [2.45, 2.75) is 38.8 Å². The SMILES string of the molecule is CCCNC(=O)c1cccc(CNC(=NC)NCCCOC2CCOC2)c1. The van der Waals surface area contributed by atoms with Crippen LogP contribution in [0.3, 0.4) is 0 Å². The summed E-state index contributed by atoms with van der Waals surface area (Å²) in [5, 5.41) is 9.45. The number of hydrogen-bond donors (Lipinski definition) is 3. The smallest absolute Gasteiger partial charge is 0.251 e. The zero-order valence-corrected chi connectivity index (χ0v) is 16.4. The minimum atomic E-state index is -0.0335. The molecule has 1 unspecified atom stereocenters. The summed E-state index contributed by atoms with van der Waals surface area (Å²) in [7, 11) is 1.75. The Morgan fingerprint density at radius 3 is 2.93 bits per heavy atom. The van der Waals surface area contributed by atoms with Crippen molar-refractivity contribution in [2.75, 3.05) is 40.0 Å². The third-order valence-electron chi connectivity index (χ3n) is 4.26. The van der Waals surface area contributed by atoms with E-state index in [-0.39, 0.29) is 12.0 Å². The van der Waals surface area contributed by atoms with E-state index in [2.05, 4.69) is 20.9 Å². The van der Waals surface area contributed by atoms with Crippen LogP contribution in [0.2, 0.25) is 0 Å². The van der Waals surface area contributed by atoms with Crippen LogP contribution in [0.5, 0.6) is 0 Å². The first-order valence-electron chi connectivity index (χ1n) is 9.74. The highest BCUT2D eigenvalue weighted by molar-refractivity contribution is 5.94. The van der Waals surface area contributed by atoms with Crippen LogP contribution in [0.4, 0.5) is 0 Å². The molecular formula is C20H32N4O3. The van der Waals surface area contributed by atoms with E-state index >= 15 is 0 Å². The number of amides is 1. The Morgan fingerprint density at radius 1 is 1.30 bits per heavy atom. The number of guanidine groups is 1. The molecule has 1 aromatic rings. The maximum atomic E-state index is 12.1. The minimum absolute atomic E-state index is 0.0335. The summed E-state index contributed by atoms with van der Waals surface area (Å²) in [5.41, 5.74) is 1.71. The molecule has 0 radical (unpaired) electrons. The van der Waals surface area contributed by atoms with E-state index in [1.54, 1.807) is 7.05 Å². The average molecular weight is 377 g/mol. The van der Waals surface area contributed by atoms with Crippen LogP contribution < -0.4 is 16.0 Å². The zero-order chi connectivity index (χ0) is 19.3. The molecule has 150 valence electrons. The lowest BCUT2D eigenvalue weighted by Gasteiger charge is -2.13. The van der Waals surface area contributed by atoms with Gasteiger partial charge in [0.25, 0.3) is 5.91 Å². The molecule has 1 saturated heterocycles. The van der Waals surface area contributed by atoms with Gasteiger partial charge in [-0.3, -0.25) is 9.79 Å². The molecule has 1 aliphatic rings. The van der Waals surface area contributed by atoms with Crippen LogP contribution >= 0.6 is 0 Å². The number of carbonyl (C=O) groups is 1. The quantitative estimate of drug-likeness (QED) is 0.329. The highest BCUT2D eigenvalue weighted by atomic mass is 16.5. The van der Waals surface area contributed by atoms with Crippen molar-refractivity contribution in [2.24, 2.45) is 4.99 Å². The fourth-order valence-electron chi connectivity index (χ4n) is 2.74. The monoisotopic (exact) mass is 376 g/mol. The maximum absolute atomic E-state index is 12.1. The van der Waals surface area contributed by atoms with E-state index in [9.17, 15) is 4.79 Å². The van der Waals surface area contributed by atoms with Crippen molar-refractivity contribution in [1.82, 2.24) is 16.0 Å². The van der Waals surface area contributed by atoms with Gasteiger partial charge in [-0.2, -0.15) is 0 Å². The molecule has 1 fully saturated rings. The first-order chi connectivity index (χ1) is 13.2. The molecule has 3 N–H and O–H groups in total. The second-order valence-corrected chi connectivity index (χ2v) is 6.52. The second kappa shape index (κ2) is 12.3. The summed E-state index contributed by atoms with van der Waals surface area (Å²) in [5.74, 6) is 0.703. The number of nitrogens with one attached hydrogen (secondary N) is 3. The Morgan fingerprint density at radius 2 is 2.19 bits per heavy atom. The number of benzene rings is 1. The number of rotatable bonds is 10. The fraction of sp³-hybridized carbons (Fsp3) is 0.600. The second-order valence-electron chi connectivity index (χ2n) is 6.52. The third kappa shape index (κ3) is 7.97. The van der Waals surface area contributed by atoms with Gasteiger partial charge >= 0.3 is 0 Å². The largest absolute Gasteiger partial charge is 0.379 e. The van der Waals surface area contributed by atoms with Gasteiger partial charge in [0.05, 0.1) is 12.7 Å². The van der Waals surface area contributed by atoms with Gasteiger partial charge in [0.15, 0.2) is 5.96 Å². The first kappa shape index (κ1) is 21.2. The van der Waals surface area contributed by atoms with Crippen LogP contribution in [0, 0.1) is 0 Å². The molecule has 1 aromatic carbocycles. The Balaban J connectivity index is 1.68. The van der Waals surface area contributed by atoms with Crippen molar-refractivity contribution in [3.05, 3.63) is 35.4 Å². The Labute approximate surface area is 161 Å². The van der Waals surface area contributed by atoms with Crippen LogP contribution in [-0.4, -0.2) is 57.9 Å². The normalized spacial score (nSPS) is 17.0. The van der Waals surface area contributed by atoms with Crippen molar-refractivity contribution < 1.29 is 14.3 Å². The number of aliphatic imine (C=N–C) groups is 1. The van der Waals surface area contributed by atoms with Crippen molar-refractivity contribution in [3.63, 3.8) is 0 Å². The Kier molecular flexibility index (Phi) is 9.65. The summed E-state index contributed by atoms with van der Waals surface area (Å²) in [6, 6.07) is 7.63. The van der Waals surface area contributed by atoms with Gasteiger partial charge in [0.1, 0.15) is 0 Å². The van der Waals surface area contributed by atoms with E-state index in [0.717, 1.165) is 43.9 Å². The Hall–Kier alpha value is -2.12. The van der Waals surface area contributed by atoms with E-state index < -0.39 is 0 Å². The summed E-state index contributed by atoms with van der Waals surface area (Å²) >= 11 is 0. The van der Waals surface area contributed by atoms with Crippen LogP contribution in [-0.2, 0) is 16.0 Å². The standard InChI is InChI=1S/C20H32N4O3/c1-3-9-22-19(25)17-7-4-6-16(13-17)14-24-20(21-2)23-10-5-11-27-18-8-12-26-15-18/h4,6-7,13,18H,3,5,8-12,14-15H2,1-2H3,(H,22,25)(H2,21,23,24).